The Labute approximate surface area is 125 Å². The number of pyridine rings is 1. The van der Waals surface area contributed by atoms with Crippen molar-refractivity contribution < 1.29 is 4.39 Å². The van der Waals surface area contributed by atoms with Crippen LogP contribution in [0.1, 0.15) is 18.5 Å². The molecule has 1 unspecified atom stereocenters. The molecule has 1 N–H and O–H groups in total. The monoisotopic (exact) mass is 307 g/mol. The maximum Gasteiger partial charge on any atom is 0.178 e. The van der Waals surface area contributed by atoms with Gasteiger partial charge < -0.3 is 9.55 Å². The summed E-state index contributed by atoms with van der Waals surface area (Å²) in [5, 5.41) is 0.0786. The zero-order valence-corrected chi connectivity index (χ0v) is 12.2. The van der Waals surface area contributed by atoms with Crippen molar-refractivity contribution in [3.8, 4) is 0 Å². The van der Waals surface area contributed by atoms with Gasteiger partial charge in [-0.05, 0) is 36.8 Å². The van der Waals surface area contributed by atoms with Crippen LogP contribution in [0.25, 0.3) is 11.0 Å². The van der Waals surface area contributed by atoms with Gasteiger partial charge in [0, 0.05) is 18.5 Å². The number of halogens is 2. The van der Waals surface area contributed by atoms with Gasteiger partial charge in [0.05, 0.1) is 22.1 Å². The van der Waals surface area contributed by atoms with Gasteiger partial charge >= 0.3 is 0 Å². The molecule has 6 heteroatoms. The molecule has 0 saturated heterocycles. The third-order valence-corrected chi connectivity index (χ3v) is 3.90. The molecule has 0 radical (unpaired) electrons. The first kappa shape index (κ1) is 13.3. The van der Waals surface area contributed by atoms with E-state index in [4.69, 9.17) is 23.8 Å². The smallest absolute Gasteiger partial charge is 0.178 e. The fourth-order valence-electron chi connectivity index (χ4n) is 2.28. The maximum atomic E-state index is 13.7. The zero-order chi connectivity index (χ0) is 14.3. The molecule has 3 rings (SSSR count). The summed E-state index contributed by atoms with van der Waals surface area (Å²) in [5.41, 5.74) is 2.41. The van der Waals surface area contributed by atoms with Crippen molar-refractivity contribution in [3.05, 3.63) is 57.8 Å². The van der Waals surface area contributed by atoms with E-state index in [1.165, 1.54) is 6.07 Å². The summed E-state index contributed by atoms with van der Waals surface area (Å²) < 4.78 is 16.1. The van der Waals surface area contributed by atoms with Crippen LogP contribution in [0.2, 0.25) is 5.02 Å². The molecular weight excluding hydrogens is 297 g/mol. The summed E-state index contributed by atoms with van der Waals surface area (Å²) in [4.78, 5) is 7.16. The van der Waals surface area contributed by atoms with E-state index in [0.29, 0.717) is 10.3 Å². The third kappa shape index (κ3) is 2.13. The van der Waals surface area contributed by atoms with Crippen molar-refractivity contribution in [1.29, 1.82) is 0 Å². The minimum absolute atomic E-state index is 0.0504. The van der Waals surface area contributed by atoms with Gasteiger partial charge in [-0.15, -0.1) is 0 Å². The highest BCUT2D eigenvalue weighted by Gasteiger charge is 2.15. The van der Waals surface area contributed by atoms with Gasteiger partial charge in [0.15, 0.2) is 4.77 Å². The number of imidazole rings is 1. The minimum Gasteiger partial charge on any atom is -0.331 e. The molecule has 2 heterocycles. The highest BCUT2D eigenvalue weighted by Crippen LogP contribution is 2.27. The fraction of sp³-hybridized carbons (Fsp3) is 0.143. The number of benzene rings is 1. The van der Waals surface area contributed by atoms with Gasteiger partial charge in [0.2, 0.25) is 0 Å². The molecule has 0 aliphatic heterocycles. The lowest BCUT2D eigenvalue weighted by molar-refractivity contribution is 0.622. The van der Waals surface area contributed by atoms with E-state index in [9.17, 15) is 4.39 Å². The molecule has 0 aliphatic carbocycles. The van der Waals surface area contributed by atoms with Crippen LogP contribution in [0.5, 0.6) is 0 Å². The Morgan fingerprint density at radius 2 is 2.25 bits per heavy atom. The van der Waals surface area contributed by atoms with Gasteiger partial charge in [-0.1, -0.05) is 17.7 Å². The second-order valence-electron chi connectivity index (χ2n) is 4.55. The van der Waals surface area contributed by atoms with E-state index in [-0.39, 0.29) is 11.1 Å². The molecule has 3 aromatic rings. The molecule has 0 fully saturated rings. The largest absolute Gasteiger partial charge is 0.331 e. The van der Waals surface area contributed by atoms with Gasteiger partial charge in [0.1, 0.15) is 5.82 Å². The Morgan fingerprint density at radius 3 is 2.95 bits per heavy atom. The summed E-state index contributed by atoms with van der Waals surface area (Å²) in [6.45, 7) is 1.99. The van der Waals surface area contributed by atoms with Crippen LogP contribution in [0.3, 0.4) is 0 Å². The molecule has 0 spiro atoms. The average Bonchev–Trinajstić information content (AvgIpc) is 2.75. The lowest BCUT2D eigenvalue weighted by atomic mass is 10.1. The summed E-state index contributed by atoms with van der Waals surface area (Å²) in [7, 11) is 0. The van der Waals surface area contributed by atoms with Crippen molar-refractivity contribution in [2.45, 2.75) is 13.0 Å². The number of aromatic nitrogens is 3. The predicted molar refractivity (Wildman–Crippen MR) is 80.1 cm³/mol. The van der Waals surface area contributed by atoms with Gasteiger partial charge in [0.25, 0.3) is 0 Å². The summed E-state index contributed by atoms with van der Waals surface area (Å²) >= 11 is 11.1. The molecule has 20 heavy (non-hydrogen) atoms. The first-order valence-electron chi connectivity index (χ1n) is 6.07. The highest BCUT2D eigenvalue weighted by atomic mass is 35.5. The molecule has 102 valence electrons. The third-order valence-electron chi connectivity index (χ3n) is 3.31. The molecule has 3 nitrogen and oxygen atoms in total. The van der Waals surface area contributed by atoms with E-state index >= 15 is 0 Å². The molecular formula is C14H11ClFN3S. The van der Waals surface area contributed by atoms with Crippen LogP contribution in [0, 0.1) is 10.6 Å². The minimum atomic E-state index is -0.458. The number of rotatable bonds is 2. The molecule has 2 aromatic heterocycles. The first-order chi connectivity index (χ1) is 9.58. The summed E-state index contributed by atoms with van der Waals surface area (Å²) in [6.07, 6.45) is 3.49. The van der Waals surface area contributed by atoms with Crippen molar-refractivity contribution >= 4 is 34.9 Å². The SMILES string of the molecule is CC(c1cccnc1)n1c(=S)[nH]c2cc(Cl)c(F)cc21. The zero-order valence-electron chi connectivity index (χ0n) is 10.6. The predicted octanol–water partition coefficient (Wildman–Crippen LogP) is 4.50. The van der Waals surface area contributed by atoms with Crippen LogP contribution >= 0.6 is 23.8 Å². The average molecular weight is 308 g/mol. The van der Waals surface area contributed by atoms with Crippen molar-refractivity contribution in [1.82, 2.24) is 14.5 Å². The van der Waals surface area contributed by atoms with E-state index in [1.807, 2.05) is 23.6 Å². The standard InChI is InChI=1S/C14H11ClFN3S/c1-8(9-3-2-4-17-7-9)19-13-6-11(16)10(15)5-12(13)18-14(19)20/h2-8H,1H3,(H,18,20). The number of fused-ring (bicyclic) bond motifs is 1. The van der Waals surface area contributed by atoms with Crippen LogP contribution in [0.4, 0.5) is 4.39 Å². The summed E-state index contributed by atoms with van der Waals surface area (Å²) in [6, 6.07) is 6.72. The number of nitrogens with one attached hydrogen (secondary N) is 1. The van der Waals surface area contributed by atoms with Gasteiger partial charge in [-0.25, -0.2) is 4.39 Å². The number of hydrogen-bond acceptors (Lipinski definition) is 2. The van der Waals surface area contributed by atoms with Gasteiger partial charge in [-0.3, -0.25) is 4.98 Å². The van der Waals surface area contributed by atoms with Crippen LogP contribution < -0.4 is 0 Å². The van der Waals surface area contributed by atoms with Crippen LogP contribution in [-0.2, 0) is 0 Å². The topological polar surface area (TPSA) is 33.6 Å². The van der Waals surface area contributed by atoms with Crippen LogP contribution in [-0.4, -0.2) is 14.5 Å². The fourth-order valence-corrected chi connectivity index (χ4v) is 2.81. The normalized spacial score (nSPS) is 12.8. The lowest BCUT2D eigenvalue weighted by Crippen LogP contribution is -2.07. The maximum absolute atomic E-state index is 13.7. The van der Waals surface area contributed by atoms with Gasteiger partial charge in [-0.2, -0.15) is 0 Å². The second-order valence-corrected chi connectivity index (χ2v) is 5.34. The van der Waals surface area contributed by atoms with E-state index in [2.05, 4.69) is 9.97 Å². The Balaban J connectivity index is 2.24. The molecule has 1 aromatic carbocycles. The molecule has 0 bridgehead atoms. The quantitative estimate of drug-likeness (QED) is 0.707. The lowest BCUT2D eigenvalue weighted by Gasteiger charge is -2.14. The number of H-pyrrole nitrogens is 1. The number of aromatic amines is 1. The molecule has 1 atom stereocenters. The summed E-state index contributed by atoms with van der Waals surface area (Å²) in [5.74, 6) is -0.458. The Hall–Kier alpha value is -1.72. The van der Waals surface area contributed by atoms with E-state index < -0.39 is 5.82 Å². The van der Waals surface area contributed by atoms with Crippen molar-refractivity contribution in [2.24, 2.45) is 0 Å². The second kappa shape index (κ2) is 5.00. The number of hydrogen-bond donors (Lipinski definition) is 1. The highest BCUT2D eigenvalue weighted by molar-refractivity contribution is 7.71. The molecule has 0 amide bonds. The van der Waals surface area contributed by atoms with E-state index in [1.54, 1.807) is 18.5 Å². The van der Waals surface area contributed by atoms with Crippen LogP contribution in [0.15, 0.2) is 36.7 Å². The Kier molecular flexibility index (Phi) is 3.31. The molecule has 0 saturated carbocycles. The number of nitrogens with zero attached hydrogens (tertiary/aromatic N) is 2. The molecule has 0 aliphatic rings. The Morgan fingerprint density at radius 1 is 1.45 bits per heavy atom. The Bertz CT molecular complexity index is 826. The van der Waals surface area contributed by atoms with E-state index in [0.717, 1.165) is 11.1 Å². The van der Waals surface area contributed by atoms with Crippen molar-refractivity contribution in [3.63, 3.8) is 0 Å². The first-order valence-corrected chi connectivity index (χ1v) is 6.85. The van der Waals surface area contributed by atoms with Crippen molar-refractivity contribution in [2.75, 3.05) is 0 Å².